The van der Waals surface area contributed by atoms with Gasteiger partial charge in [-0.25, -0.2) is 4.39 Å². The molecule has 2 aromatic rings. The maximum Gasteiger partial charge on any atom is 0.128 e. The number of thioether (sulfide) groups is 1. The minimum atomic E-state index is -0.262. The van der Waals surface area contributed by atoms with Crippen molar-refractivity contribution in [2.75, 3.05) is 5.75 Å². The van der Waals surface area contributed by atoms with Crippen LogP contribution in [0.4, 0.5) is 4.39 Å². The fourth-order valence-corrected chi connectivity index (χ4v) is 3.77. The quantitative estimate of drug-likeness (QED) is 0.787. The van der Waals surface area contributed by atoms with Crippen LogP contribution >= 0.6 is 11.8 Å². The fraction of sp³-hybridized carbons (Fsp3) is 0.300. The first-order valence-electron chi connectivity index (χ1n) is 8.08. The van der Waals surface area contributed by atoms with Crippen molar-refractivity contribution in [2.24, 2.45) is 0 Å². The van der Waals surface area contributed by atoms with Gasteiger partial charge in [0.1, 0.15) is 11.7 Å². The SMILES string of the molecule is CC#Cc1cncc(-c2ccc(F)c(C3CSC(C)(C)C(=N)N3)c2)c1. The van der Waals surface area contributed by atoms with Crippen LogP contribution < -0.4 is 5.32 Å². The van der Waals surface area contributed by atoms with Gasteiger partial charge in [0.2, 0.25) is 0 Å². The topological polar surface area (TPSA) is 48.8 Å². The van der Waals surface area contributed by atoms with Crippen molar-refractivity contribution in [3.05, 3.63) is 53.6 Å². The second-order valence-corrected chi connectivity index (χ2v) is 8.11. The number of amidine groups is 1. The van der Waals surface area contributed by atoms with E-state index in [2.05, 4.69) is 22.1 Å². The van der Waals surface area contributed by atoms with Crippen LogP contribution in [0.2, 0.25) is 0 Å². The van der Waals surface area contributed by atoms with Crippen LogP contribution in [-0.2, 0) is 0 Å². The third-order valence-electron chi connectivity index (χ3n) is 4.24. The van der Waals surface area contributed by atoms with E-state index in [4.69, 9.17) is 5.41 Å². The van der Waals surface area contributed by atoms with Gasteiger partial charge in [-0.3, -0.25) is 10.4 Å². The van der Waals surface area contributed by atoms with Gasteiger partial charge >= 0.3 is 0 Å². The van der Waals surface area contributed by atoms with Crippen LogP contribution in [0.3, 0.4) is 0 Å². The lowest BCUT2D eigenvalue weighted by molar-refractivity contribution is 0.572. The number of nitrogens with one attached hydrogen (secondary N) is 2. The maximum absolute atomic E-state index is 14.4. The average molecular weight is 353 g/mol. The van der Waals surface area contributed by atoms with Gasteiger partial charge in [-0.2, -0.15) is 0 Å². The summed E-state index contributed by atoms with van der Waals surface area (Å²) in [5, 5.41) is 11.3. The molecule has 0 radical (unpaired) electrons. The summed E-state index contributed by atoms with van der Waals surface area (Å²) in [6.45, 7) is 5.79. The Bertz CT molecular complexity index is 880. The minimum Gasteiger partial charge on any atom is -0.365 e. The van der Waals surface area contributed by atoms with Crippen LogP contribution in [0.1, 0.15) is 37.9 Å². The Hall–Kier alpha value is -2.32. The van der Waals surface area contributed by atoms with Gasteiger partial charge in [-0.05, 0) is 44.5 Å². The van der Waals surface area contributed by atoms with Gasteiger partial charge in [0.05, 0.1) is 10.8 Å². The lowest BCUT2D eigenvalue weighted by atomic mass is 9.99. The first-order valence-corrected chi connectivity index (χ1v) is 9.06. The summed E-state index contributed by atoms with van der Waals surface area (Å²) in [6, 6.07) is 6.83. The molecule has 25 heavy (non-hydrogen) atoms. The first-order chi connectivity index (χ1) is 11.9. The Labute approximate surface area is 152 Å². The molecule has 1 aromatic heterocycles. The van der Waals surface area contributed by atoms with Gasteiger partial charge < -0.3 is 5.32 Å². The molecule has 0 bridgehead atoms. The standard InChI is InChI=1S/C20H20FN3S/c1-4-5-13-8-15(11-23-10-13)14-6-7-17(21)16(9-14)18-12-25-20(2,3)19(22)24-18/h6-11,18H,12H2,1-3H3,(H2,22,24). The number of rotatable bonds is 2. The zero-order valence-corrected chi connectivity index (χ0v) is 15.3. The van der Waals surface area contributed by atoms with Gasteiger partial charge in [0, 0.05) is 34.8 Å². The largest absolute Gasteiger partial charge is 0.365 e. The molecule has 1 aliphatic rings. The molecule has 1 aromatic carbocycles. The summed E-state index contributed by atoms with van der Waals surface area (Å²) in [5.74, 6) is 6.74. The van der Waals surface area contributed by atoms with E-state index in [0.29, 0.717) is 11.4 Å². The van der Waals surface area contributed by atoms with Crippen LogP contribution in [0.25, 0.3) is 11.1 Å². The van der Waals surface area contributed by atoms with E-state index in [-0.39, 0.29) is 16.6 Å². The number of benzene rings is 1. The zero-order chi connectivity index (χ0) is 18.0. The highest BCUT2D eigenvalue weighted by Crippen LogP contribution is 2.36. The summed E-state index contributed by atoms with van der Waals surface area (Å²) in [7, 11) is 0. The third-order valence-corrected chi connectivity index (χ3v) is 5.67. The Balaban J connectivity index is 1.95. The monoisotopic (exact) mass is 353 g/mol. The van der Waals surface area contributed by atoms with Crippen LogP contribution in [0.5, 0.6) is 0 Å². The van der Waals surface area contributed by atoms with Crippen molar-refractivity contribution in [3.63, 3.8) is 0 Å². The van der Waals surface area contributed by atoms with E-state index in [1.807, 2.05) is 26.0 Å². The van der Waals surface area contributed by atoms with E-state index in [9.17, 15) is 4.39 Å². The molecular weight excluding hydrogens is 333 g/mol. The molecule has 0 spiro atoms. The first kappa shape index (κ1) is 17.5. The highest BCUT2D eigenvalue weighted by molar-refractivity contribution is 8.01. The van der Waals surface area contributed by atoms with Gasteiger partial charge in [-0.15, -0.1) is 17.7 Å². The normalized spacial score (nSPS) is 18.9. The summed E-state index contributed by atoms with van der Waals surface area (Å²) < 4.78 is 14.2. The van der Waals surface area contributed by atoms with Crippen LogP contribution in [0.15, 0.2) is 36.7 Å². The molecular formula is C20H20FN3S. The molecule has 1 aliphatic heterocycles. The fourth-order valence-electron chi connectivity index (χ4n) is 2.72. The van der Waals surface area contributed by atoms with E-state index in [1.54, 1.807) is 37.1 Å². The van der Waals surface area contributed by atoms with Crippen molar-refractivity contribution < 1.29 is 4.39 Å². The smallest absolute Gasteiger partial charge is 0.128 e. The van der Waals surface area contributed by atoms with Gasteiger partial charge in [0.25, 0.3) is 0 Å². The van der Waals surface area contributed by atoms with E-state index < -0.39 is 0 Å². The Morgan fingerprint density at radius 2 is 2.08 bits per heavy atom. The summed E-state index contributed by atoms with van der Waals surface area (Å²) in [4.78, 5) is 4.23. The molecule has 1 fully saturated rings. The molecule has 2 N–H and O–H groups in total. The second kappa shape index (κ2) is 6.89. The highest BCUT2D eigenvalue weighted by Gasteiger charge is 2.33. The summed E-state index contributed by atoms with van der Waals surface area (Å²) in [6.07, 6.45) is 3.47. The molecule has 3 rings (SSSR count). The van der Waals surface area contributed by atoms with Crippen molar-refractivity contribution in [2.45, 2.75) is 31.6 Å². The third kappa shape index (κ3) is 3.69. The van der Waals surface area contributed by atoms with E-state index in [1.165, 1.54) is 6.07 Å². The van der Waals surface area contributed by atoms with Gasteiger partial charge in [0.15, 0.2) is 0 Å². The average Bonchev–Trinajstić information content (AvgIpc) is 2.59. The molecule has 1 unspecified atom stereocenters. The van der Waals surface area contributed by atoms with E-state index in [0.717, 1.165) is 22.4 Å². The number of halogens is 1. The zero-order valence-electron chi connectivity index (χ0n) is 14.5. The predicted molar refractivity (Wildman–Crippen MR) is 102 cm³/mol. The van der Waals surface area contributed by atoms with Crippen LogP contribution in [-0.4, -0.2) is 21.3 Å². The molecule has 5 heteroatoms. The minimum absolute atomic E-state index is 0.211. The molecule has 1 atom stereocenters. The maximum atomic E-state index is 14.4. The second-order valence-electron chi connectivity index (χ2n) is 6.47. The Morgan fingerprint density at radius 3 is 2.80 bits per heavy atom. The number of nitrogens with zero attached hydrogens (tertiary/aromatic N) is 1. The van der Waals surface area contributed by atoms with Crippen molar-refractivity contribution >= 4 is 17.6 Å². The number of hydrogen-bond donors (Lipinski definition) is 2. The molecule has 2 heterocycles. The van der Waals surface area contributed by atoms with E-state index >= 15 is 0 Å². The Morgan fingerprint density at radius 1 is 1.28 bits per heavy atom. The molecule has 128 valence electrons. The molecule has 3 nitrogen and oxygen atoms in total. The van der Waals surface area contributed by atoms with Crippen molar-refractivity contribution in [1.82, 2.24) is 10.3 Å². The van der Waals surface area contributed by atoms with Crippen molar-refractivity contribution in [1.29, 1.82) is 5.41 Å². The Kier molecular flexibility index (Phi) is 4.82. The van der Waals surface area contributed by atoms with Crippen LogP contribution in [0, 0.1) is 23.1 Å². The molecule has 0 aliphatic carbocycles. The van der Waals surface area contributed by atoms with Gasteiger partial charge in [-0.1, -0.05) is 12.0 Å². The molecule has 1 saturated heterocycles. The molecule has 0 amide bonds. The van der Waals surface area contributed by atoms with Crippen molar-refractivity contribution in [3.8, 4) is 23.0 Å². The summed E-state index contributed by atoms with van der Waals surface area (Å²) in [5.41, 5.74) is 3.21. The number of hydrogen-bond acceptors (Lipinski definition) is 3. The number of pyridine rings is 1. The lowest BCUT2D eigenvalue weighted by Gasteiger charge is -2.36. The lowest BCUT2D eigenvalue weighted by Crippen LogP contribution is -2.47. The molecule has 0 saturated carbocycles. The highest BCUT2D eigenvalue weighted by atomic mass is 32.2. The summed E-state index contributed by atoms with van der Waals surface area (Å²) >= 11 is 1.67. The number of aromatic nitrogens is 1. The predicted octanol–water partition coefficient (Wildman–Crippen LogP) is 4.39.